The highest BCUT2D eigenvalue weighted by Crippen LogP contribution is 2.20. The third-order valence-corrected chi connectivity index (χ3v) is 4.86. The van der Waals surface area contributed by atoms with Gasteiger partial charge in [-0.05, 0) is 36.2 Å². The minimum atomic E-state index is -0.0992. The average molecular weight is 352 g/mol. The second kappa shape index (κ2) is 8.04. The van der Waals surface area contributed by atoms with Crippen LogP contribution in [0.2, 0.25) is 0 Å². The fourth-order valence-electron chi connectivity index (χ4n) is 3.34. The number of benzene rings is 2. The number of phenols is 1. The summed E-state index contributed by atoms with van der Waals surface area (Å²) in [4.78, 5) is 29.2. The van der Waals surface area contributed by atoms with Crippen LogP contribution >= 0.6 is 0 Å². The van der Waals surface area contributed by atoms with Crippen molar-refractivity contribution in [1.29, 1.82) is 0 Å². The Morgan fingerprint density at radius 3 is 2.46 bits per heavy atom. The summed E-state index contributed by atoms with van der Waals surface area (Å²) in [5, 5.41) is 9.41. The van der Waals surface area contributed by atoms with Crippen molar-refractivity contribution in [1.82, 2.24) is 9.80 Å². The fourth-order valence-corrected chi connectivity index (χ4v) is 3.34. The van der Waals surface area contributed by atoms with Crippen LogP contribution in [0.4, 0.5) is 0 Å². The maximum absolute atomic E-state index is 12.8. The van der Waals surface area contributed by atoms with Crippen LogP contribution in [0.3, 0.4) is 0 Å². The molecule has 2 aromatic rings. The number of aromatic hydroxyl groups is 1. The maximum Gasteiger partial charge on any atom is 0.253 e. The molecule has 1 atom stereocenters. The molecule has 5 heteroatoms. The monoisotopic (exact) mass is 352 g/mol. The van der Waals surface area contributed by atoms with Crippen molar-refractivity contribution >= 4 is 11.8 Å². The standard InChI is InChI=1S/C21H24N2O3/c1-2-18-15-22(21(26)17-8-10-19(24)11-9-17)13-12-20(25)23(18)14-16-6-4-3-5-7-16/h3-11,18,24H,2,12-15H2,1H3/t18-/m1/s1. The predicted molar refractivity (Wildman–Crippen MR) is 99.7 cm³/mol. The molecule has 0 saturated carbocycles. The van der Waals surface area contributed by atoms with E-state index in [1.165, 1.54) is 12.1 Å². The summed E-state index contributed by atoms with van der Waals surface area (Å²) in [6.45, 7) is 3.55. The van der Waals surface area contributed by atoms with Crippen LogP contribution < -0.4 is 0 Å². The minimum absolute atomic E-state index is 0.00808. The summed E-state index contributed by atoms with van der Waals surface area (Å²) in [6.07, 6.45) is 1.12. The van der Waals surface area contributed by atoms with E-state index in [2.05, 4.69) is 0 Å². The van der Waals surface area contributed by atoms with Gasteiger partial charge in [0.1, 0.15) is 5.75 Å². The summed E-state index contributed by atoms with van der Waals surface area (Å²) in [5.74, 6) is 0.118. The Morgan fingerprint density at radius 2 is 1.81 bits per heavy atom. The van der Waals surface area contributed by atoms with Gasteiger partial charge in [-0.25, -0.2) is 0 Å². The van der Waals surface area contributed by atoms with Gasteiger partial charge in [0.2, 0.25) is 5.91 Å². The Balaban J connectivity index is 1.77. The highest BCUT2D eigenvalue weighted by molar-refractivity contribution is 5.95. The van der Waals surface area contributed by atoms with Gasteiger partial charge < -0.3 is 14.9 Å². The minimum Gasteiger partial charge on any atom is -0.508 e. The summed E-state index contributed by atoms with van der Waals surface area (Å²) in [7, 11) is 0. The first kappa shape index (κ1) is 18.0. The Kier molecular flexibility index (Phi) is 5.56. The van der Waals surface area contributed by atoms with E-state index < -0.39 is 0 Å². The molecule has 0 spiro atoms. The molecule has 136 valence electrons. The zero-order valence-electron chi connectivity index (χ0n) is 15.0. The molecule has 1 heterocycles. The summed E-state index contributed by atoms with van der Waals surface area (Å²) in [5.41, 5.74) is 1.62. The number of carbonyl (C=O) groups excluding carboxylic acids is 2. The molecule has 0 unspecified atom stereocenters. The molecule has 1 saturated heterocycles. The van der Waals surface area contributed by atoms with Crippen molar-refractivity contribution in [2.24, 2.45) is 0 Å². The van der Waals surface area contributed by atoms with E-state index in [1.807, 2.05) is 42.2 Å². The van der Waals surface area contributed by atoms with Crippen LogP contribution in [0.25, 0.3) is 0 Å². The lowest BCUT2D eigenvalue weighted by Crippen LogP contribution is -2.43. The van der Waals surface area contributed by atoms with E-state index in [0.717, 1.165) is 12.0 Å². The van der Waals surface area contributed by atoms with Crippen LogP contribution in [-0.4, -0.2) is 45.9 Å². The lowest BCUT2D eigenvalue weighted by Gasteiger charge is -2.31. The molecule has 2 amide bonds. The highest BCUT2D eigenvalue weighted by atomic mass is 16.3. The lowest BCUT2D eigenvalue weighted by molar-refractivity contribution is -0.133. The molecular weight excluding hydrogens is 328 g/mol. The number of hydrogen-bond acceptors (Lipinski definition) is 3. The van der Waals surface area contributed by atoms with Crippen LogP contribution in [0.15, 0.2) is 54.6 Å². The third-order valence-electron chi connectivity index (χ3n) is 4.86. The SMILES string of the molecule is CC[C@@H]1CN(C(=O)c2ccc(O)cc2)CCC(=O)N1Cc1ccccc1. The Bertz CT molecular complexity index is 759. The number of rotatable bonds is 4. The molecular formula is C21H24N2O3. The molecule has 26 heavy (non-hydrogen) atoms. The van der Waals surface area contributed by atoms with Crippen LogP contribution in [-0.2, 0) is 11.3 Å². The summed E-state index contributed by atoms with van der Waals surface area (Å²) >= 11 is 0. The van der Waals surface area contributed by atoms with E-state index in [4.69, 9.17) is 0 Å². The van der Waals surface area contributed by atoms with E-state index in [-0.39, 0.29) is 23.6 Å². The third kappa shape index (κ3) is 4.04. The second-order valence-electron chi connectivity index (χ2n) is 6.62. The molecule has 1 aliphatic rings. The van der Waals surface area contributed by atoms with Gasteiger partial charge in [-0.2, -0.15) is 0 Å². The van der Waals surface area contributed by atoms with E-state index in [1.54, 1.807) is 17.0 Å². The molecule has 1 aliphatic heterocycles. The van der Waals surface area contributed by atoms with Gasteiger partial charge in [-0.15, -0.1) is 0 Å². The molecule has 2 aromatic carbocycles. The molecule has 1 N–H and O–H groups in total. The molecule has 5 nitrogen and oxygen atoms in total. The number of phenolic OH excluding ortho intramolecular Hbond substituents is 1. The van der Waals surface area contributed by atoms with Gasteiger partial charge in [0.15, 0.2) is 0 Å². The number of hydrogen-bond donors (Lipinski definition) is 1. The van der Waals surface area contributed by atoms with Gasteiger partial charge in [0, 0.05) is 37.7 Å². The first-order chi connectivity index (χ1) is 12.6. The second-order valence-corrected chi connectivity index (χ2v) is 6.62. The Labute approximate surface area is 153 Å². The normalized spacial score (nSPS) is 17.9. The van der Waals surface area contributed by atoms with Crippen molar-refractivity contribution in [3.8, 4) is 5.75 Å². The van der Waals surface area contributed by atoms with Gasteiger partial charge in [-0.3, -0.25) is 9.59 Å². The van der Waals surface area contributed by atoms with Crippen molar-refractivity contribution in [2.75, 3.05) is 13.1 Å². The number of carbonyl (C=O) groups is 2. The predicted octanol–water partition coefficient (Wildman–Crippen LogP) is 3.05. The molecule has 0 bridgehead atoms. The van der Waals surface area contributed by atoms with E-state index in [9.17, 15) is 14.7 Å². The van der Waals surface area contributed by atoms with E-state index >= 15 is 0 Å². The average Bonchev–Trinajstić information content (AvgIpc) is 2.82. The maximum atomic E-state index is 12.8. The number of amides is 2. The topological polar surface area (TPSA) is 60.9 Å². The van der Waals surface area contributed by atoms with Gasteiger partial charge in [0.25, 0.3) is 5.91 Å². The molecule has 0 aliphatic carbocycles. The lowest BCUT2D eigenvalue weighted by atomic mass is 10.1. The zero-order chi connectivity index (χ0) is 18.5. The van der Waals surface area contributed by atoms with Crippen molar-refractivity contribution in [2.45, 2.75) is 32.4 Å². The van der Waals surface area contributed by atoms with Crippen LogP contribution in [0.5, 0.6) is 5.75 Å². The molecule has 0 aromatic heterocycles. The molecule has 1 fully saturated rings. The number of nitrogens with zero attached hydrogens (tertiary/aromatic N) is 2. The summed E-state index contributed by atoms with van der Waals surface area (Å²) in [6, 6.07) is 16.2. The largest absolute Gasteiger partial charge is 0.508 e. The zero-order valence-corrected chi connectivity index (χ0v) is 15.0. The van der Waals surface area contributed by atoms with Gasteiger partial charge in [-0.1, -0.05) is 37.3 Å². The smallest absolute Gasteiger partial charge is 0.253 e. The van der Waals surface area contributed by atoms with Crippen LogP contribution in [0.1, 0.15) is 35.7 Å². The first-order valence-electron chi connectivity index (χ1n) is 9.00. The molecule has 3 rings (SSSR count). The van der Waals surface area contributed by atoms with E-state index in [0.29, 0.717) is 31.6 Å². The highest BCUT2D eigenvalue weighted by Gasteiger charge is 2.31. The van der Waals surface area contributed by atoms with Gasteiger partial charge in [0.05, 0.1) is 0 Å². The fraction of sp³-hybridized carbons (Fsp3) is 0.333. The summed E-state index contributed by atoms with van der Waals surface area (Å²) < 4.78 is 0. The first-order valence-corrected chi connectivity index (χ1v) is 9.00. The van der Waals surface area contributed by atoms with Crippen molar-refractivity contribution in [3.05, 3.63) is 65.7 Å². The molecule has 0 radical (unpaired) electrons. The van der Waals surface area contributed by atoms with Gasteiger partial charge >= 0.3 is 0 Å². The Hall–Kier alpha value is -2.82. The quantitative estimate of drug-likeness (QED) is 0.920. The van der Waals surface area contributed by atoms with Crippen molar-refractivity contribution in [3.63, 3.8) is 0 Å². The van der Waals surface area contributed by atoms with Crippen molar-refractivity contribution < 1.29 is 14.7 Å². The Morgan fingerprint density at radius 1 is 1.12 bits per heavy atom. The van der Waals surface area contributed by atoms with Crippen LogP contribution in [0, 0.1) is 0 Å².